The number of nitrogens with two attached hydrogens (primary N) is 1. The van der Waals surface area contributed by atoms with Crippen molar-refractivity contribution < 1.29 is 9.59 Å². The quantitative estimate of drug-likeness (QED) is 0.607. The normalized spacial score (nSPS) is 10.7. The second-order valence-corrected chi connectivity index (χ2v) is 5.45. The second kappa shape index (κ2) is 7.06. The summed E-state index contributed by atoms with van der Waals surface area (Å²) in [6.45, 7) is 0.471. The molecule has 2 aromatic carbocycles. The Labute approximate surface area is 139 Å². The van der Waals surface area contributed by atoms with Crippen molar-refractivity contribution >= 4 is 28.7 Å². The number of imidazole rings is 1. The monoisotopic (exact) mass is 322 g/mol. The summed E-state index contributed by atoms with van der Waals surface area (Å²) in [5, 5.41) is 2.70. The van der Waals surface area contributed by atoms with E-state index in [9.17, 15) is 9.59 Å². The van der Waals surface area contributed by atoms with Crippen LogP contribution in [0.5, 0.6) is 0 Å². The molecule has 0 radical (unpaired) electrons. The molecule has 0 saturated heterocycles. The molecule has 3 rings (SSSR count). The van der Waals surface area contributed by atoms with Gasteiger partial charge in [0.05, 0.1) is 11.0 Å². The number of hydrogen-bond donors (Lipinski definition) is 3. The molecule has 0 bridgehead atoms. The van der Waals surface area contributed by atoms with Crippen LogP contribution in [0.25, 0.3) is 11.0 Å². The van der Waals surface area contributed by atoms with Crippen molar-refractivity contribution in [1.29, 1.82) is 0 Å². The number of amides is 1. The standard InChI is InChI=1S/C18H18N4O2/c19-10-4-7-16(23)22-18-20-14-9-8-13(11-15(14)21-18)17(24)12-5-2-1-3-6-12/h1-3,5-6,8-9,11H,4,7,10,19H2,(H2,20,21,22,23). The van der Waals surface area contributed by atoms with Crippen LogP contribution < -0.4 is 11.1 Å². The highest BCUT2D eigenvalue weighted by atomic mass is 16.1. The molecule has 0 aliphatic heterocycles. The van der Waals surface area contributed by atoms with Gasteiger partial charge in [-0.25, -0.2) is 4.98 Å². The fourth-order valence-electron chi connectivity index (χ4n) is 2.42. The summed E-state index contributed by atoms with van der Waals surface area (Å²) >= 11 is 0. The summed E-state index contributed by atoms with van der Waals surface area (Å²) in [5.41, 5.74) is 7.98. The molecular weight excluding hydrogens is 304 g/mol. The van der Waals surface area contributed by atoms with Crippen molar-refractivity contribution in [2.45, 2.75) is 12.8 Å². The number of nitrogens with zero attached hydrogens (tertiary/aromatic N) is 1. The molecular formula is C18H18N4O2. The Hall–Kier alpha value is -2.99. The van der Waals surface area contributed by atoms with E-state index in [1.165, 1.54) is 0 Å². The molecule has 6 nitrogen and oxygen atoms in total. The summed E-state index contributed by atoms with van der Waals surface area (Å²) in [7, 11) is 0. The van der Waals surface area contributed by atoms with Gasteiger partial charge in [-0.3, -0.25) is 14.9 Å². The third-order valence-electron chi connectivity index (χ3n) is 3.65. The van der Waals surface area contributed by atoms with E-state index in [2.05, 4.69) is 15.3 Å². The lowest BCUT2D eigenvalue weighted by Crippen LogP contribution is -2.14. The lowest BCUT2D eigenvalue weighted by atomic mass is 10.0. The minimum Gasteiger partial charge on any atom is -0.330 e. The van der Waals surface area contributed by atoms with E-state index in [1.807, 2.05) is 18.2 Å². The van der Waals surface area contributed by atoms with Gasteiger partial charge in [0.15, 0.2) is 5.78 Å². The molecule has 1 heterocycles. The molecule has 0 unspecified atom stereocenters. The van der Waals surface area contributed by atoms with E-state index in [4.69, 9.17) is 5.73 Å². The van der Waals surface area contributed by atoms with Crippen LogP contribution in [0.1, 0.15) is 28.8 Å². The lowest BCUT2D eigenvalue weighted by Gasteiger charge is -2.00. The first-order chi connectivity index (χ1) is 11.7. The van der Waals surface area contributed by atoms with E-state index < -0.39 is 0 Å². The molecule has 0 spiro atoms. The minimum atomic E-state index is -0.139. The van der Waals surface area contributed by atoms with Gasteiger partial charge in [-0.1, -0.05) is 30.3 Å². The number of benzene rings is 2. The van der Waals surface area contributed by atoms with Gasteiger partial charge in [-0.2, -0.15) is 0 Å². The molecule has 1 amide bonds. The van der Waals surface area contributed by atoms with Crippen molar-refractivity contribution in [2.24, 2.45) is 5.73 Å². The van der Waals surface area contributed by atoms with Crippen molar-refractivity contribution in [3.8, 4) is 0 Å². The average Bonchev–Trinajstić information content (AvgIpc) is 3.01. The molecule has 122 valence electrons. The summed E-state index contributed by atoms with van der Waals surface area (Å²) in [5.74, 6) is 0.178. The van der Waals surface area contributed by atoms with Gasteiger partial charge in [0.2, 0.25) is 11.9 Å². The fraction of sp³-hybridized carbons (Fsp3) is 0.167. The Bertz CT molecular complexity index is 871. The zero-order valence-electron chi connectivity index (χ0n) is 13.1. The summed E-state index contributed by atoms with van der Waals surface area (Å²) in [6, 6.07) is 14.3. The van der Waals surface area contributed by atoms with Crippen LogP contribution in [-0.4, -0.2) is 28.2 Å². The Morgan fingerprint density at radius 2 is 1.88 bits per heavy atom. The van der Waals surface area contributed by atoms with Crippen LogP contribution in [0.2, 0.25) is 0 Å². The third kappa shape index (κ3) is 3.49. The molecule has 0 saturated carbocycles. The predicted octanol–water partition coefficient (Wildman–Crippen LogP) is 2.47. The van der Waals surface area contributed by atoms with Crippen LogP contribution in [0.3, 0.4) is 0 Å². The number of aromatic nitrogens is 2. The average molecular weight is 322 g/mol. The fourth-order valence-corrected chi connectivity index (χ4v) is 2.42. The Morgan fingerprint density at radius 1 is 1.08 bits per heavy atom. The van der Waals surface area contributed by atoms with E-state index in [0.29, 0.717) is 47.5 Å². The number of carbonyl (C=O) groups excluding carboxylic acids is 2. The van der Waals surface area contributed by atoms with Gasteiger partial charge < -0.3 is 10.7 Å². The number of aromatic amines is 1. The van der Waals surface area contributed by atoms with E-state index in [-0.39, 0.29) is 11.7 Å². The highest BCUT2D eigenvalue weighted by Gasteiger charge is 2.12. The van der Waals surface area contributed by atoms with Crippen molar-refractivity contribution in [3.63, 3.8) is 0 Å². The first kappa shape index (κ1) is 15.9. The zero-order chi connectivity index (χ0) is 16.9. The molecule has 1 aromatic heterocycles. The summed E-state index contributed by atoms with van der Waals surface area (Å²) in [6.07, 6.45) is 0.979. The maximum absolute atomic E-state index is 12.5. The van der Waals surface area contributed by atoms with Crippen LogP contribution in [0.4, 0.5) is 5.95 Å². The van der Waals surface area contributed by atoms with Crippen LogP contribution in [0, 0.1) is 0 Å². The molecule has 0 fully saturated rings. The molecule has 0 aliphatic rings. The number of H-pyrrole nitrogens is 1. The van der Waals surface area contributed by atoms with Crippen molar-refractivity contribution in [3.05, 3.63) is 59.7 Å². The summed E-state index contributed by atoms with van der Waals surface area (Å²) in [4.78, 5) is 31.5. The molecule has 24 heavy (non-hydrogen) atoms. The van der Waals surface area contributed by atoms with Crippen molar-refractivity contribution in [2.75, 3.05) is 11.9 Å². The highest BCUT2D eigenvalue weighted by Crippen LogP contribution is 2.18. The highest BCUT2D eigenvalue weighted by molar-refractivity contribution is 6.10. The lowest BCUT2D eigenvalue weighted by molar-refractivity contribution is -0.116. The molecule has 3 aromatic rings. The van der Waals surface area contributed by atoms with Crippen LogP contribution in [0.15, 0.2) is 48.5 Å². The molecule has 6 heteroatoms. The van der Waals surface area contributed by atoms with E-state index in [0.717, 1.165) is 0 Å². The number of rotatable bonds is 6. The zero-order valence-corrected chi connectivity index (χ0v) is 13.1. The van der Waals surface area contributed by atoms with Crippen LogP contribution >= 0.6 is 0 Å². The Kier molecular flexibility index (Phi) is 4.67. The van der Waals surface area contributed by atoms with E-state index in [1.54, 1.807) is 30.3 Å². The third-order valence-corrected chi connectivity index (χ3v) is 3.65. The summed E-state index contributed by atoms with van der Waals surface area (Å²) < 4.78 is 0. The molecule has 0 atom stereocenters. The van der Waals surface area contributed by atoms with Gasteiger partial charge in [0.25, 0.3) is 0 Å². The van der Waals surface area contributed by atoms with E-state index >= 15 is 0 Å². The molecule has 0 aliphatic carbocycles. The number of carbonyl (C=O) groups is 2. The Balaban J connectivity index is 1.81. The van der Waals surface area contributed by atoms with Gasteiger partial charge in [0, 0.05) is 17.5 Å². The van der Waals surface area contributed by atoms with Gasteiger partial charge in [-0.05, 0) is 31.2 Å². The largest absolute Gasteiger partial charge is 0.330 e. The molecule has 4 N–H and O–H groups in total. The van der Waals surface area contributed by atoms with Gasteiger partial charge in [0.1, 0.15) is 0 Å². The smallest absolute Gasteiger partial charge is 0.226 e. The first-order valence-corrected chi connectivity index (χ1v) is 7.77. The number of ketones is 1. The van der Waals surface area contributed by atoms with Gasteiger partial charge in [-0.15, -0.1) is 0 Å². The number of fused-ring (bicyclic) bond motifs is 1. The first-order valence-electron chi connectivity index (χ1n) is 7.77. The van der Waals surface area contributed by atoms with Crippen LogP contribution in [-0.2, 0) is 4.79 Å². The second-order valence-electron chi connectivity index (χ2n) is 5.45. The maximum Gasteiger partial charge on any atom is 0.226 e. The minimum absolute atomic E-state index is 0.0550. The topological polar surface area (TPSA) is 101 Å². The van der Waals surface area contributed by atoms with Gasteiger partial charge >= 0.3 is 0 Å². The SMILES string of the molecule is NCCCC(=O)Nc1nc2ccc(C(=O)c3ccccc3)cc2[nH]1. The number of hydrogen-bond acceptors (Lipinski definition) is 4. The predicted molar refractivity (Wildman–Crippen MR) is 92.9 cm³/mol. The Morgan fingerprint density at radius 3 is 2.62 bits per heavy atom. The number of nitrogens with one attached hydrogen (secondary N) is 2. The number of anilines is 1. The maximum atomic E-state index is 12.5. The van der Waals surface area contributed by atoms with Crippen molar-refractivity contribution in [1.82, 2.24) is 9.97 Å².